The van der Waals surface area contributed by atoms with E-state index in [1.807, 2.05) is 66.1 Å². The molecule has 3 aromatic carbocycles. The summed E-state index contributed by atoms with van der Waals surface area (Å²) in [5, 5.41) is 2.71. The lowest BCUT2D eigenvalue weighted by Crippen LogP contribution is -2.51. The highest BCUT2D eigenvalue weighted by atomic mass is 16.5. The smallest absolute Gasteiger partial charge is 0.407 e. The van der Waals surface area contributed by atoms with Gasteiger partial charge in [-0.3, -0.25) is 9.59 Å². The number of rotatable bonds is 11. The molecule has 2 aromatic heterocycles. The highest BCUT2D eigenvalue weighted by Gasteiger charge is 2.38. The third-order valence-electron chi connectivity index (χ3n) is 10.9. The van der Waals surface area contributed by atoms with E-state index in [1.165, 1.54) is 7.11 Å². The number of carbonyl (C=O) groups is 3. The molecule has 3 amide bonds. The van der Waals surface area contributed by atoms with Gasteiger partial charge in [-0.1, -0.05) is 39.8 Å². The van der Waals surface area contributed by atoms with Crippen LogP contribution in [0, 0.1) is 11.8 Å². The molecular weight excluding hydrogens is 699 g/mol. The van der Waals surface area contributed by atoms with Crippen molar-refractivity contribution >= 4 is 40.0 Å². The summed E-state index contributed by atoms with van der Waals surface area (Å²) in [5.41, 5.74) is 6.92. The SMILES string of the molecule is COC(=O)N[C@H](C(=O)N1CCC[C@H]1c1nc2ccc(-c3cc(OC)c(-c4ccc5nc([C@@H]6CCCN6C(=O)CC(C)C)[nH]c5c4)cc3OC)cc2[nH]1)C(C)C. The number of hydrogen-bond acceptors (Lipinski definition) is 8. The fourth-order valence-corrected chi connectivity index (χ4v) is 8.07. The van der Waals surface area contributed by atoms with E-state index in [4.69, 9.17) is 24.2 Å². The van der Waals surface area contributed by atoms with E-state index in [9.17, 15) is 14.4 Å². The van der Waals surface area contributed by atoms with Crippen LogP contribution in [-0.2, 0) is 14.3 Å². The summed E-state index contributed by atoms with van der Waals surface area (Å²) in [5.74, 6) is 3.11. The second-order valence-electron chi connectivity index (χ2n) is 15.4. The maximum Gasteiger partial charge on any atom is 0.407 e. The number of H-pyrrole nitrogens is 2. The van der Waals surface area contributed by atoms with E-state index >= 15 is 0 Å². The van der Waals surface area contributed by atoms with E-state index in [0.29, 0.717) is 36.2 Å². The molecule has 2 aliphatic rings. The molecule has 0 unspecified atom stereocenters. The van der Waals surface area contributed by atoms with Gasteiger partial charge in [0.05, 0.1) is 55.5 Å². The number of nitrogens with one attached hydrogen (secondary N) is 3. The van der Waals surface area contributed by atoms with E-state index in [-0.39, 0.29) is 29.8 Å². The number of ether oxygens (including phenoxy) is 3. The second-order valence-corrected chi connectivity index (χ2v) is 15.4. The van der Waals surface area contributed by atoms with Crippen molar-refractivity contribution in [2.75, 3.05) is 34.4 Å². The Morgan fingerprint density at radius 1 is 0.764 bits per heavy atom. The molecule has 55 heavy (non-hydrogen) atoms. The number of likely N-dealkylation sites (tertiary alicyclic amines) is 2. The Hall–Kier alpha value is -5.59. The number of imidazole rings is 2. The summed E-state index contributed by atoms with van der Waals surface area (Å²) in [6.45, 7) is 9.28. The van der Waals surface area contributed by atoms with Gasteiger partial charge < -0.3 is 39.3 Å². The molecule has 2 aliphatic heterocycles. The molecular formula is C42H51N7O6. The molecule has 2 fully saturated rings. The fraction of sp³-hybridized carbons (Fsp3) is 0.452. The highest BCUT2D eigenvalue weighted by molar-refractivity contribution is 5.90. The Kier molecular flexibility index (Phi) is 10.7. The van der Waals surface area contributed by atoms with Gasteiger partial charge in [0.1, 0.15) is 29.2 Å². The molecule has 0 saturated carbocycles. The van der Waals surface area contributed by atoms with Crippen LogP contribution in [0.25, 0.3) is 44.3 Å². The summed E-state index contributed by atoms with van der Waals surface area (Å²) < 4.78 is 16.7. The molecule has 3 atom stereocenters. The predicted octanol–water partition coefficient (Wildman–Crippen LogP) is 7.54. The Morgan fingerprint density at radius 3 is 1.75 bits per heavy atom. The summed E-state index contributed by atoms with van der Waals surface area (Å²) >= 11 is 0. The lowest BCUT2D eigenvalue weighted by Gasteiger charge is -2.29. The molecule has 5 aromatic rings. The third-order valence-corrected chi connectivity index (χ3v) is 10.9. The summed E-state index contributed by atoms with van der Waals surface area (Å²) in [6.07, 6.45) is 3.35. The Balaban J connectivity index is 1.16. The van der Waals surface area contributed by atoms with Gasteiger partial charge in [0.15, 0.2) is 0 Å². The lowest BCUT2D eigenvalue weighted by atomic mass is 9.97. The van der Waals surface area contributed by atoms with Gasteiger partial charge in [-0.05, 0) is 85.0 Å². The van der Waals surface area contributed by atoms with Gasteiger partial charge in [-0.2, -0.15) is 0 Å². The van der Waals surface area contributed by atoms with Crippen LogP contribution in [0.1, 0.15) is 83.5 Å². The first-order valence-electron chi connectivity index (χ1n) is 19.2. The minimum Gasteiger partial charge on any atom is -0.496 e. The molecule has 0 spiro atoms. The molecule has 7 rings (SSSR count). The number of methoxy groups -OCH3 is 3. The van der Waals surface area contributed by atoms with Crippen molar-refractivity contribution in [1.29, 1.82) is 0 Å². The number of amides is 3. The first kappa shape index (κ1) is 37.7. The van der Waals surface area contributed by atoms with Crippen LogP contribution in [0.4, 0.5) is 4.79 Å². The second kappa shape index (κ2) is 15.6. The van der Waals surface area contributed by atoms with Crippen LogP contribution >= 0.6 is 0 Å². The zero-order chi connectivity index (χ0) is 39.0. The standard InChI is InChI=1S/C42H51N7O6/c1-23(2)18-37(50)48-16-8-10-33(48)39-43-29-14-12-25(19-31(29)45-39)27-21-36(54-6)28(22-35(27)53-5)26-13-15-30-32(20-26)46-40(44-30)34-11-9-17-49(34)41(51)38(24(3)4)47-42(52)55-7/h12-15,19-24,33-34,38H,8-11,16-18H2,1-7H3,(H,43,45)(H,44,46)(H,47,52)/t33-,34-,38-/m0/s1. The molecule has 290 valence electrons. The average Bonchev–Trinajstić information content (AvgIpc) is 4.00. The topological polar surface area (TPSA) is 155 Å². The van der Waals surface area contributed by atoms with Crippen molar-refractivity contribution < 1.29 is 28.6 Å². The van der Waals surface area contributed by atoms with Gasteiger partial charge in [-0.15, -0.1) is 0 Å². The third kappa shape index (κ3) is 7.44. The van der Waals surface area contributed by atoms with Crippen molar-refractivity contribution in [3.63, 3.8) is 0 Å². The average molecular weight is 750 g/mol. The van der Waals surface area contributed by atoms with Crippen molar-refractivity contribution in [3.05, 3.63) is 60.2 Å². The van der Waals surface area contributed by atoms with E-state index in [2.05, 4.69) is 35.2 Å². The number of hydrogen-bond donors (Lipinski definition) is 3. The zero-order valence-corrected chi connectivity index (χ0v) is 32.7. The number of alkyl carbamates (subject to hydrolysis) is 1. The molecule has 0 radical (unpaired) electrons. The van der Waals surface area contributed by atoms with Crippen LogP contribution in [-0.4, -0.2) is 88.1 Å². The number of fused-ring (bicyclic) bond motifs is 2. The Bertz CT molecular complexity index is 2220. The molecule has 13 nitrogen and oxygen atoms in total. The largest absolute Gasteiger partial charge is 0.496 e. The van der Waals surface area contributed by atoms with Crippen molar-refractivity contribution in [2.45, 2.75) is 77.9 Å². The van der Waals surface area contributed by atoms with Crippen molar-refractivity contribution in [1.82, 2.24) is 35.1 Å². The fourth-order valence-electron chi connectivity index (χ4n) is 8.07. The quantitative estimate of drug-likeness (QED) is 0.125. The summed E-state index contributed by atoms with van der Waals surface area (Å²) in [4.78, 5) is 59.4. The first-order valence-corrected chi connectivity index (χ1v) is 19.2. The minimum atomic E-state index is -0.706. The van der Waals surface area contributed by atoms with Crippen LogP contribution < -0.4 is 14.8 Å². The normalized spacial score (nSPS) is 17.8. The lowest BCUT2D eigenvalue weighted by molar-refractivity contribution is -0.135. The van der Waals surface area contributed by atoms with Gasteiger partial charge in [0.2, 0.25) is 11.8 Å². The molecule has 2 saturated heterocycles. The molecule has 0 bridgehead atoms. The van der Waals surface area contributed by atoms with E-state index in [0.717, 1.165) is 82.4 Å². The van der Waals surface area contributed by atoms with Crippen LogP contribution in [0.2, 0.25) is 0 Å². The van der Waals surface area contributed by atoms with Crippen LogP contribution in [0.15, 0.2) is 48.5 Å². The van der Waals surface area contributed by atoms with Gasteiger partial charge >= 0.3 is 6.09 Å². The number of carbonyl (C=O) groups excluding carboxylic acids is 3. The molecule has 0 aliphatic carbocycles. The summed E-state index contributed by atoms with van der Waals surface area (Å²) in [7, 11) is 4.61. The zero-order valence-electron chi connectivity index (χ0n) is 32.7. The molecule has 3 N–H and O–H groups in total. The Morgan fingerprint density at radius 2 is 1.27 bits per heavy atom. The van der Waals surface area contributed by atoms with Gasteiger partial charge in [0.25, 0.3) is 0 Å². The Labute approximate surface area is 321 Å². The predicted molar refractivity (Wildman–Crippen MR) is 211 cm³/mol. The monoisotopic (exact) mass is 749 g/mol. The summed E-state index contributed by atoms with van der Waals surface area (Å²) in [6, 6.07) is 15.1. The number of benzene rings is 3. The highest BCUT2D eigenvalue weighted by Crippen LogP contribution is 2.43. The maximum atomic E-state index is 13.7. The molecule has 13 heteroatoms. The van der Waals surface area contributed by atoms with E-state index < -0.39 is 12.1 Å². The minimum absolute atomic E-state index is 0.0496. The van der Waals surface area contributed by atoms with Crippen molar-refractivity contribution in [3.8, 4) is 33.8 Å². The van der Waals surface area contributed by atoms with E-state index in [1.54, 1.807) is 14.2 Å². The number of aromatic amines is 2. The maximum absolute atomic E-state index is 13.7. The van der Waals surface area contributed by atoms with Crippen LogP contribution in [0.3, 0.4) is 0 Å². The van der Waals surface area contributed by atoms with Gasteiger partial charge in [0, 0.05) is 30.6 Å². The van der Waals surface area contributed by atoms with Gasteiger partial charge in [-0.25, -0.2) is 14.8 Å². The first-order chi connectivity index (χ1) is 26.5. The molecule has 4 heterocycles. The van der Waals surface area contributed by atoms with Crippen molar-refractivity contribution in [2.24, 2.45) is 11.8 Å². The van der Waals surface area contributed by atoms with Crippen LogP contribution in [0.5, 0.6) is 11.5 Å². The number of aromatic nitrogens is 4. The number of nitrogens with zero attached hydrogens (tertiary/aromatic N) is 4.